The average Bonchev–Trinajstić information content (AvgIpc) is 0. The van der Waals surface area contributed by atoms with Crippen LogP contribution in [-0.4, -0.2) is 173 Å². The first-order valence-electron chi connectivity index (χ1n) is 0. The first-order chi connectivity index (χ1) is 0. The topological polar surface area (TPSA) is 0 Å². The third-order valence-corrected chi connectivity index (χ3v) is 0. The minimum absolute atomic E-state index is 0. The second-order valence-electron chi connectivity index (χ2n) is 0. The van der Waals surface area contributed by atoms with E-state index in [0.29, 0.717) is 0 Å². The van der Waals surface area contributed by atoms with E-state index >= 15 is 0 Å². The maximum Gasteiger partial charge on any atom is 0 e. The fraction of sp³-hybridized carbons (Fsp3) is 0. The standard InChI is InChI=1S/3Pb.2Sr. The predicted molar refractivity (Wildman–Crippen MR) is 28.8 cm³/mol. The summed E-state index contributed by atoms with van der Waals surface area (Å²) in [5.41, 5.74) is 0. The van der Waals surface area contributed by atoms with Crippen LogP contribution >= 0.6 is 0 Å². The molecule has 0 atom stereocenters. The van der Waals surface area contributed by atoms with E-state index in [0.717, 1.165) is 0 Å². The maximum atomic E-state index is 0. The van der Waals surface area contributed by atoms with Crippen molar-refractivity contribution < 1.29 is 0 Å². The van der Waals surface area contributed by atoms with Gasteiger partial charge in [0.05, 0.1) is 0 Å². The van der Waals surface area contributed by atoms with Gasteiger partial charge in [0.25, 0.3) is 0 Å². The van der Waals surface area contributed by atoms with Crippen LogP contribution in [0.1, 0.15) is 0 Å². The van der Waals surface area contributed by atoms with Crippen LogP contribution in [0.5, 0.6) is 0 Å². The molecule has 0 aromatic rings. The van der Waals surface area contributed by atoms with Gasteiger partial charge in [-0.2, -0.15) is 0 Å². The summed E-state index contributed by atoms with van der Waals surface area (Å²) in [5.74, 6) is 0. The summed E-state index contributed by atoms with van der Waals surface area (Å²) in [4.78, 5) is 0. The van der Waals surface area contributed by atoms with Crippen molar-refractivity contribution in [2.45, 2.75) is 0 Å². The van der Waals surface area contributed by atoms with Crippen molar-refractivity contribution in [1.82, 2.24) is 0 Å². The van der Waals surface area contributed by atoms with Crippen molar-refractivity contribution in [2.24, 2.45) is 0 Å². The molecule has 0 amide bonds. The van der Waals surface area contributed by atoms with E-state index in [1.165, 1.54) is 0 Å². The molecule has 16 valence electrons. The summed E-state index contributed by atoms with van der Waals surface area (Å²) < 4.78 is 0. The van der Waals surface area contributed by atoms with Gasteiger partial charge >= 0.3 is 0 Å². The summed E-state index contributed by atoms with van der Waals surface area (Å²) in [6.45, 7) is 0. The van der Waals surface area contributed by atoms with Gasteiger partial charge in [-0.05, 0) is 0 Å². The van der Waals surface area contributed by atoms with Gasteiger partial charge in [-0.3, -0.25) is 0 Å². The molecule has 0 rings (SSSR count). The van der Waals surface area contributed by atoms with Crippen LogP contribution < -0.4 is 0 Å². The normalized spacial score (nSPS) is 0. The molecule has 0 nitrogen and oxygen atoms in total. The van der Waals surface area contributed by atoms with Crippen LogP contribution in [0, 0.1) is 0 Å². The van der Waals surface area contributed by atoms with Crippen LogP contribution in [0.25, 0.3) is 0 Å². The molecular weight excluding hydrogens is 797 g/mol. The zero-order chi connectivity index (χ0) is 0. The second-order valence-corrected chi connectivity index (χ2v) is 0. The molecule has 0 bridgehead atoms. The van der Waals surface area contributed by atoms with Gasteiger partial charge in [-0.15, -0.1) is 0 Å². The van der Waals surface area contributed by atoms with Gasteiger partial charge in [0, 0.05) is 173 Å². The van der Waals surface area contributed by atoms with Crippen LogP contribution in [-0.2, 0) is 0 Å². The predicted octanol–water partition coefficient (Wildman–Crippen LogP) is -1.90. The van der Waals surface area contributed by atoms with Crippen molar-refractivity contribution in [3.63, 3.8) is 0 Å². The van der Waals surface area contributed by atoms with Crippen molar-refractivity contribution in [3.05, 3.63) is 0 Å². The van der Waals surface area contributed by atoms with Crippen LogP contribution in [0.3, 0.4) is 0 Å². The summed E-state index contributed by atoms with van der Waals surface area (Å²) in [7, 11) is 0. The minimum atomic E-state index is 0. The second kappa shape index (κ2) is 22.6. The van der Waals surface area contributed by atoms with Gasteiger partial charge in [-0.25, -0.2) is 0 Å². The maximum absolute atomic E-state index is 0. The number of rotatable bonds is 0. The Labute approximate surface area is 167 Å². The largest absolute Gasteiger partial charge is 0 e. The molecule has 0 N–H and O–H groups in total. The Morgan fingerprint density at radius 3 is 0.400 bits per heavy atom. The molecule has 5 heteroatoms. The van der Waals surface area contributed by atoms with E-state index in [2.05, 4.69) is 0 Å². The number of hydrogen-bond acceptors (Lipinski definition) is 0. The Morgan fingerprint density at radius 2 is 0.400 bits per heavy atom. The Kier molecular flexibility index (Phi) is 140. The van der Waals surface area contributed by atoms with Gasteiger partial charge in [-0.1, -0.05) is 0 Å². The molecule has 0 aromatic carbocycles. The van der Waals surface area contributed by atoms with Gasteiger partial charge in [0.1, 0.15) is 0 Å². The van der Waals surface area contributed by atoms with Gasteiger partial charge in [0.15, 0.2) is 0 Å². The molecule has 0 saturated carbocycles. The summed E-state index contributed by atoms with van der Waals surface area (Å²) in [6.07, 6.45) is 0. The fourth-order valence-electron chi connectivity index (χ4n) is 0. The Balaban J connectivity index is 0. The van der Waals surface area contributed by atoms with E-state index in [4.69, 9.17) is 0 Å². The molecule has 0 saturated heterocycles. The minimum Gasteiger partial charge on any atom is 0 e. The molecule has 0 fully saturated rings. The average molecular weight is 797 g/mol. The van der Waals surface area contributed by atoms with Gasteiger partial charge in [0.2, 0.25) is 0 Å². The molecule has 5 heavy (non-hydrogen) atoms. The first kappa shape index (κ1) is 30.9. The zero-order valence-corrected chi connectivity index (χ0v) is 21.5. The van der Waals surface area contributed by atoms with E-state index in [1.54, 1.807) is 0 Å². The SMILES string of the molecule is [Pb].[Pb].[Pb].[Sr].[Sr]. The molecule has 0 heterocycles. The van der Waals surface area contributed by atoms with Crippen LogP contribution in [0.15, 0.2) is 0 Å². The van der Waals surface area contributed by atoms with Gasteiger partial charge < -0.3 is 0 Å². The Morgan fingerprint density at radius 1 is 0.400 bits per heavy atom. The fourth-order valence-corrected chi connectivity index (χ4v) is 0. The molecule has 0 aliphatic carbocycles. The first-order valence-corrected chi connectivity index (χ1v) is 0. The third kappa shape index (κ3) is 17.7. The molecule has 0 aliphatic heterocycles. The van der Waals surface area contributed by atoms with Crippen molar-refractivity contribution in [1.29, 1.82) is 0 Å². The van der Waals surface area contributed by atoms with Crippen molar-refractivity contribution in [3.8, 4) is 0 Å². The van der Waals surface area contributed by atoms with Crippen LogP contribution in [0.2, 0.25) is 0 Å². The smallest absolute Gasteiger partial charge is 0 e. The summed E-state index contributed by atoms with van der Waals surface area (Å²) in [6, 6.07) is 0. The van der Waals surface area contributed by atoms with E-state index in [1.807, 2.05) is 0 Å². The molecule has 0 spiro atoms. The quantitative estimate of drug-likeness (QED) is 0.252. The zero-order valence-electron chi connectivity index (χ0n) is 2.91. The van der Waals surface area contributed by atoms with E-state index in [9.17, 15) is 0 Å². The summed E-state index contributed by atoms with van der Waals surface area (Å²) in [5, 5.41) is 0. The van der Waals surface area contributed by atoms with Crippen molar-refractivity contribution >= 4 is 173 Å². The number of hydrogen-bond donors (Lipinski definition) is 0. The van der Waals surface area contributed by atoms with Crippen LogP contribution in [0.4, 0.5) is 0 Å². The molecular formula is Pb3Sr2. The Hall–Kier alpha value is 5.73. The molecule has 16 radical (unpaired) electrons. The molecule has 0 aromatic heterocycles. The van der Waals surface area contributed by atoms with E-state index < -0.39 is 0 Å². The van der Waals surface area contributed by atoms with Crippen molar-refractivity contribution in [2.75, 3.05) is 0 Å². The summed E-state index contributed by atoms with van der Waals surface area (Å²) >= 11 is 0. The monoisotopic (exact) mass is 800 g/mol. The third-order valence-electron chi connectivity index (χ3n) is 0. The van der Waals surface area contributed by atoms with E-state index in [-0.39, 0.29) is 173 Å². The molecule has 0 unspecified atom stereocenters. The molecule has 0 aliphatic rings. The Bertz CT molecular complexity index is 4.85.